The fraction of sp³-hybridized carbons (Fsp3) is 0.296. The minimum absolute atomic E-state index is 0.0597. The van der Waals surface area contributed by atoms with Crippen LogP contribution in [-0.4, -0.2) is 4.98 Å². The van der Waals surface area contributed by atoms with E-state index in [-0.39, 0.29) is 10.8 Å². The van der Waals surface area contributed by atoms with Gasteiger partial charge in [-0.25, -0.2) is 4.98 Å². The molecule has 0 atom stereocenters. The molecular weight excluding hydrogens is 384 g/mol. The smallest absolute Gasteiger partial charge is 0.126 e. The molecule has 2 nitrogen and oxygen atoms in total. The van der Waals surface area contributed by atoms with Crippen LogP contribution in [0.4, 0.5) is 5.69 Å². The standard InChI is InChI=1S/C27H30N2S/c1-26(2,3)18-13-11-17(12-14-18)21-15-19(27(4,5)6)16-23-24(21)29-25(30-23)20-9-7-8-10-22(20)28/h7-16H,28H2,1-6H3. The monoisotopic (exact) mass is 414 g/mol. The molecule has 4 aromatic rings. The van der Waals surface area contributed by atoms with Gasteiger partial charge in [0.1, 0.15) is 5.01 Å². The fourth-order valence-corrected chi connectivity index (χ4v) is 4.72. The Morgan fingerprint density at radius 1 is 0.733 bits per heavy atom. The largest absolute Gasteiger partial charge is 0.398 e. The Hall–Kier alpha value is -2.65. The number of benzene rings is 3. The molecule has 0 aliphatic heterocycles. The normalized spacial score (nSPS) is 12.5. The molecule has 0 spiro atoms. The number of thiazole rings is 1. The number of nitrogens with zero attached hydrogens (tertiary/aromatic N) is 1. The molecule has 0 unspecified atom stereocenters. The van der Waals surface area contributed by atoms with Crippen LogP contribution in [0.2, 0.25) is 0 Å². The van der Waals surface area contributed by atoms with Gasteiger partial charge in [0.2, 0.25) is 0 Å². The summed E-state index contributed by atoms with van der Waals surface area (Å²) in [7, 11) is 0. The molecule has 30 heavy (non-hydrogen) atoms. The summed E-state index contributed by atoms with van der Waals surface area (Å²) in [6, 6.07) is 21.5. The molecule has 0 aliphatic rings. The van der Waals surface area contributed by atoms with Gasteiger partial charge in [0, 0.05) is 16.8 Å². The van der Waals surface area contributed by atoms with Crippen LogP contribution in [0, 0.1) is 0 Å². The van der Waals surface area contributed by atoms with Gasteiger partial charge in [0.05, 0.1) is 10.2 Å². The number of nitrogen functional groups attached to an aromatic ring is 1. The Labute approximate surface area is 183 Å². The number of rotatable bonds is 2. The molecule has 2 N–H and O–H groups in total. The van der Waals surface area contributed by atoms with E-state index in [1.54, 1.807) is 11.3 Å². The van der Waals surface area contributed by atoms with Gasteiger partial charge < -0.3 is 5.73 Å². The molecule has 3 aromatic carbocycles. The lowest BCUT2D eigenvalue weighted by atomic mass is 9.84. The highest BCUT2D eigenvalue weighted by Crippen LogP contribution is 2.40. The minimum Gasteiger partial charge on any atom is -0.398 e. The van der Waals surface area contributed by atoms with E-state index >= 15 is 0 Å². The summed E-state index contributed by atoms with van der Waals surface area (Å²) in [6.07, 6.45) is 0. The quantitative estimate of drug-likeness (QED) is 0.340. The first-order chi connectivity index (χ1) is 14.0. The molecular formula is C27H30N2S. The van der Waals surface area contributed by atoms with Crippen LogP contribution in [0.25, 0.3) is 31.9 Å². The second-order valence-electron chi connectivity index (χ2n) is 10.1. The fourth-order valence-electron chi connectivity index (χ4n) is 3.64. The van der Waals surface area contributed by atoms with Crippen molar-refractivity contribution in [2.45, 2.75) is 52.4 Å². The van der Waals surface area contributed by atoms with Crippen molar-refractivity contribution in [2.75, 3.05) is 5.73 Å². The number of fused-ring (bicyclic) bond motifs is 1. The molecule has 154 valence electrons. The van der Waals surface area contributed by atoms with Crippen LogP contribution in [0.5, 0.6) is 0 Å². The predicted molar refractivity (Wildman–Crippen MR) is 132 cm³/mol. The molecule has 0 fully saturated rings. The maximum Gasteiger partial charge on any atom is 0.126 e. The second-order valence-corrected chi connectivity index (χ2v) is 11.1. The van der Waals surface area contributed by atoms with E-state index in [9.17, 15) is 0 Å². The van der Waals surface area contributed by atoms with Gasteiger partial charge in [-0.15, -0.1) is 11.3 Å². The molecule has 0 saturated heterocycles. The van der Waals surface area contributed by atoms with E-state index in [0.29, 0.717) is 0 Å². The van der Waals surface area contributed by atoms with Crippen molar-refractivity contribution in [3.05, 3.63) is 71.8 Å². The first-order valence-corrected chi connectivity index (χ1v) is 11.3. The Morgan fingerprint density at radius 3 is 1.97 bits per heavy atom. The average molecular weight is 415 g/mol. The Morgan fingerprint density at radius 2 is 1.37 bits per heavy atom. The summed E-state index contributed by atoms with van der Waals surface area (Å²) in [6.45, 7) is 13.5. The van der Waals surface area contributed by atoms with E-state index in [4.69, 9.17) is 10.7 Å². The zero-order chi connectivity index (χ0) is 21.7. The number of nitrogens with two attached hydrogens (primary N) is 1. The number of hydrogen-bond acceptors (Lipinski definition) is 3. The van der Waals surface area contributed by atoms with Crippen molar-refractivity contribution in [1.82, 2.24) is 4.98 Å². The van der Waals surface area contributed by atoms with E-state index < -0.39 is 0 Å². The van der Waals surface area contributed by atoms with Crippen molar-refractivity contribution >= 4 is 27.2 Å². The summed E-state index contributed by atoms with van der Waals surface area (Å²) in [5, 5.41) is 0.974. The van der Waals surface area contributed by atoms with Crippen LogP contribution in [0.15, 0.2) is 60.7 Å². The topological polar surface area (TPSA) is 38.9 Å². The van der Waals surface area contributed by atoms with Crippen molar-refractivity contribution in [1.29, 1.82) is 0 Å². The second kappa shape index (κ2) is 7.24. The highest BCUT2D eigenvalue weighted by Gasteiger charge is 2.20. The van der Waals surface area contributed by atoms with Gasteiger partial charge >= 0.3 is 0 Å². The van der Waals surface area contributed by atoms with E-state index in [0.717, 1.165) is 21.8 Å². The Bertz CT molecular complexity index is 1200. The molecule has 0 bridgehead atoms. The zero-order valence-electron chi connectivity index (χ0n) is 18.7. The molecule has 0 saturated carbocycles. The third kappa shape index (κ3) is 3.87. The summed E-state index contributed by atoms with van der Waals surface area (Å²) in [4.78, 5) is 5.05. The molecule has 1 heterocycles. The number of anilines is 1. The van der Waals surface area contributed by atoms with Crippen molar-refractivity contribution < 1.29 is 0 Å². The van der Waals surface area contributed by atoms with Gasteiger partial charge in [0.15, 0.2) is 0 Å². The molecule has 4 rings (SSSR count). The van der Waals surface area contributed by atoms with Gasteiger partial charge in [-0.2, -0.15) is 0 Å². The lowest BCUT2D eigenvalue weighted by Crippen LogP contribution is -2.11. The number of hydrogen-bond donors (Lipinski definition) is 1. The predicted octanol–water partition coefficient (Wildman–Crippen LogP) is 7.81. The Kier molecular flexibility index (Phi) is 4.98. The zero-order valence-corrected chi connectivity index (χ0v) is 19.5. The van der Waals surface area contributed by atoms with Gasteiger partial charge in [-0.05, 0) is 51.8 Å². The van der Waals surface area contributed by atoms with E-state index in [1.165, 1.54) is 27.0 Å². The molecule has 0 amide bonds. The van der Waals surface area contributed by atoms with Crippen molar-refractivity contribution in [2.24, 2.45) is 0 Å². The lowest BCUT2D eigenvalue weighted by Gasteiger charge is -2.21. The first-order valence-electron chi connectivity index (χ1n) is 10.4. The maximum absolute atomic E-state index is 6.25. The summed E-state index contributed by atoms with van der Waals surface area (Å²) in [5.74, 6) is 0. The summed E-state index contributed by atoms with van der Waals surface area (Å²) in [5.41, 5.74) is 14.3. The molecule has 1 aromatic heterocycles. The number of para-hydroxylation sites is 1. The molecule has 0 aliphatic carbocycles. The van der Waals surface area contributed by atoms with Crippen LogP contribution in [0.3, 0.4) is 0 Å². The highest BCUT2D eigenvalue weighted by molar-refractivity contribution is 7.21. The van der Waals surface area contributed by atoms with Crippen molar-refractivity contribution in [3.8, 4) is 21.7 Å². The van der Waals surface area contributed by atoms with Crippen LogP contribution < -0.4 is 5.73 Å². The first kappa shape index (κ1) is 20.6. The van der Waals surface area contributed by atoms with Crippen LogP contribution >= 0.6 is 11.3 Å². The van der Waals surface area contributed by atoms with Gasteiger partial charge in [-0.3, -0.25) is 0 Å². The SMILES string of the molecule is CC(C)(C)c1ccc(-c2cc(C(C)(C)C)cc3sc(-c4ccccc4N)nc23)cc1. The Balaban J connectivity index is 1.94. The van der Waals surface area contributed by atoms with Gasteiger partial charge in [0.25, 0.3) is 0 Å². The van der Waals surface area contributed by atoms with Crippen LogP contribution in [0.1, 0.15) is 52.7 Å². The summed E-state index contributed by atoms with van der Waals surface area (Å²) < 4.78 is 1.20. The average Bonchev–Trinajstić information content (AvgIpc) is 3.10. The van der Waals surface area contributed by atoms with E-state index in [2.05, 4.69) is 84.0 Å². The minimum atomic E-state index is 0.0597. The summed E-state index contributed by atoms with van der Waals surface area (Å²) >= 11 is 1.72. The number of aromatic nitrogens is 1. The van der Waals surface area contributed by atoms with Gasteiger partial charge in [-0.1, -0.05) is 77.9 Å². The lowest BCUT2D eigenvalue weighted by molar-refractivity contribution is 0.590. The molecule has 0 radical (unpaired) electrons. The highest BCUT2D eigenvalue weighted by atomic mass is 32.1. The van der Waals surface area contributed by atoms with Crippen LogP contribution in [-0.2, 0) is 10.8 Å². The third-order valence-corrected chi connectivity index (χ3v) is 6.65. The van der Waals surface area contributed by atoms with E-state index in [1.807, 2.05) is 18.2 Å². The molecule has 3 heteroatoms. The maximum atomic E-state index is 6.25. The van der Waals surface area contributed by atoms with Crippen molar-refractivity contribution in [3.63, 3.8) is 0 Å². The third-order valence-electron chi connectivity index (χ3n) is 5.61.